The molecule has 21 heavy (non-hydrogen) atoms. The molecule has 1 aliphatic carbocycles. The first-order valence-electron chi connectivity index (χ1n) is 7.61. The lowest BCUT2D eigenvalue weighted by Gasteiger charge is -2.32. The smallest absolute Gasteiger partial charge is 0.400 e. The standard InChI is InChI=1S/C16H23BN2O2/c1-15(2)16(3,4)21-17(20-15)8-7-12-9-14(11-18-10-12)19-13-5-6-13/h7-11,13,19H,5-6H2,1-4H3/b8-7+. The summed E-state index contributed by atoms with van der Waals surface area (Å²) < 4.78 is 11.9. The van der Waals surface area contributed by atoms with Gasteiger partial charge in [0.2, 0.25) is 0 Å². The number of nitrogens with one attached hydrogen (secondary N) is 1. The summed E-state index contributed by atoms with van der Waals surface area (Å²) in [6.45, 7) is 8.23. The van der Waals surface area contributed by atoms with E-state index in [2.05, 4.69) is 44.1 Å². The van der Waals surface area contributed by atoms with Crippen molar-refractivity contribution in [2.45, 2.75) is 57.8 Å². The van der Waals surface area contributed by atoms with Crippen LogP contribution in [0.3, 0.4) is 0 Å². The largest absolute Gasteiger partial charge is 0.487 e. The number of hydrogen-bond acceptors (Lipinski definition) is 4. The molecule has 0 atom stereocenters. The highest BCUT2D eigenvalue weighted by molar-refractivity contribution is 6.52. The SMILES string of the molecule is CC1(C)OB(/C=C/c2cncc(NC3CC3)c2)OC1(C)C. The minimum absolute atomic E-state index is 0.296. The Labute approximate surface area is 127 Å². The maximum Gasteiger partial charge on any atom is 0.487 e. The van der Waals surface area contributed by atoms with Gasteiger partial charge in [-0.3, -0.25) is 4.98 Å². The summed E-state index contributed by atoms with van der Waals surface area (Å²) in [5.74, 6) is 1.95. The van der Waals surface area contributed by atoms with Gasteiger partial charge in [-0.25, -0.2) is 0 Å². The molecule has 1 N–H and O–H groups in total. The number of anilines is 1. The molecular formula is C16H23BN2O2. The van der Waals surface area contributed by atoms with Crippen LogP contribution in [0.1, 0.15) is 46.1 Å². The van der Waals surface area contributed by atoms with Crippen molar-refractivity contribution in [2.75, 3.05) is 5.32 Å². The second-order valence-corrected chi connectivity index (χ2v) is 6.91. The van der Waals surface area contributed by atoms with Crippen molar-refractivity contribution < 1.29 is 9.31 Å². The molecule has 0 bridgehead atoms. The summed E-state index contributed by atoms with van der Waals surface area (Å²) in [7, 11) is -0.310. The van der Waals surface area contributed by atoms with Crippen molar-refractivity contribution in [1.82, 2.24) is 4.98 Å². The minimum atomic E-state index is -0.310. The first-order chi connectivity index (χ1) is 9.86. The molecule has 1 aromatic rings. The molecule has 0 radical (unpaired) electrons. The summed E-state index contributed by atoms with van der Waals surface area (Å²) in [5, 5.41) is 3.45. The second kappa shape index (κ2) is 5.14. The van der Waals surface area contributed by atoms with Crippen molar-refractivity contribution in [2.24, 2.45) is 0 Å². The third-order valence-electron chi connectivity index (χ3n) is 4.42. The van der Waals surface area contributed by atoms with Crippen molar-refractivity contribution >= 4 is 18.9 Å². The van der Waals surface area contributed by atoms with Gasteiger partial charge in [0.25, 0.3) is 0 Å². The molecule has 0 spiro atoms. The maximum absolute atomic E-state index is 5.95. The monoisotopic (exact) mass is 286 g/mol. The average molecular weight is 286 g/mol. The van der Waals surface area contributed by atoms with Crippen LogP contribution >= 0.6 is 0 Å². The topological polar surface area (TPSA) is 43.4 Å². The summed E-state index contributed by atoms with van der Waals surface area (Å²) in [6, 6.07) is 2.74. The van der Waals surface area contributed by atoms with Crippen molar-refractivity contribution in [3.63, 3.8) is 0 Å². The predicted molar refractivity (Wildman–Crippen MR) is 86.0 cm³/mol. The van der Waals surface area contributed by atoms with Gasteiger partial charge in [-0.15, -0.1) is 0 Å². The Morgan fingerprint density at radius 2 is 1.86 bits per heavy atom. The zero-order chi connectivity index (χ0) is 15.1. The Hall–Kier alpha value is -1.33. The van der Waals surface area contributed by atoms with Crippen molar-refractivity contribution in [3.8, 4) is 0 Å². The van der Waals surface area contributed by atoms with E-state index < -0.39 is 0 Å². The number of pyridine rings is 1. The van der Waals surface area contributed by atoms with Crippen LogP contribution in [0.4, 0.5) is 5.69 Å². The van der Waals surface area contributed by atoms with Gasteiger partial charge in [-0.1, -0.05) is 12.1 Å². The first kappa shape index (κ1) is 14.6. The molecule has 4 nitrogen and oxygen atoms in total. The van der Waals surface area contributed by atoms with Crippen LogP contribution in [0.5, 0.6) is 0 Å². The van der Waals surface area contributed by atoms with Crippen LogP contribution in [0, 0.1) is 0 Å². The van der Waals surface area contributed by atoms with E-state index in [1.54, 1.807) is 0 Å². The highest BCUT2D eigenvalue weighted by Crippen LogP contribution is 2.37. The van der Waals surface area contributed by atoms with Crippen LogP contribution < -0.4 is 5.32 Å². The fourth-order valence-corrected chi connectivity index (χ4v) is 2.25. The van der Waals surface area contributed by atoms with Gasteiger partial charge in [0, 0.05) is 18.4 Å². The molecule has 0 amide bonds. The van der Waals surface area contributed by atoms with Gasteiger partial charge in [0.05, 0.1) is 16.9 Å². The van der Waals surface area contributed by atoms with E-state index in [0.717, 1.165) is 11.3 Å². The fourth-order valence-electron chi connectivity index (χ4n) is 2.25. The lowest BCUT2D eigenvalue weighted by molar-refractivity contribution is 0.00578. The van der Waals surface area contributed by atoms with Crippen LogP contribution in [0.25, 0.3) is 6.08 Å². The molecule has 3 rings (SSSR count). The lowest BCUT2D eigenvalue weighted by Crippen LogP contribution is -2.41. The fraction of sp³-hybridized carbons (Fsp3) is 0.562. The zero-order valence-electron chi connectivity index (χ0n) is 13.2. The van der Waals surface area contributed by atoms with Crippen LogP contribution in [0.15, 0.2) is 24.4 Å². The predicted octanol–water partition coefficient (Wildman–Crippen LogP) is 3.30. The highest BCUT2D eigenvalue weighted by atomic mass is 16.7. The summed E-state index contributed by atoms with van der Waals surface area (Å²) >= 11 is 0. The molecule has 1 saturated heterocycles. The van der Waals surface area contributed by atoms with E-state index >= 15 is 0 Å². The summed E-state index contributed by atoms with van der Waals surface area (Å²) in [4.78, 5) is 4.27. The third-order valence-corrected chi connectivity index (χ3v) is 4.42. The number of rotatable bonds is 4. The van der Waals surface area contributed by atoms with Gasteiger partial charge >= 0.3 is 7.12 Å². The molecule has 2 aliphatic rings. The molecular weight excluding hydrogens is 263 g/mol. The molecule has 1 aliphatic heterocycles. The van der Waals surface area contributed by atoms with Gasteiger partial charge in [-0.2, -0.15) is 0 Å². The van der Waals surface area contributed by atoms with E-state index in [1.165, 1.54) is 12.8 Å². The molecule has 2 fully saturated rings. The van der Waals surface area contributed by atoms with Crippen molar-refractivity contribution in [1.29, 1.82) is 0 Å². The van der Waals surface area contributed by atoms with Gasteiger partial charge in [-0.05, 0) is 52.2 Å². The Morgan fingerprint density at radius 3 is 2.48 bits per heavy atom. The van der Waals surface area contributed by atoms with E-state index in [0.29, 0.717) is 6.04 Å². The highest BCUT2D eigenvalue weighted by Gasteiger charge is 2.49. The molecule has 0 aromatic carbocycles. The normalized spacial score (nSPS) is 23.7. The molecule has 1 saturated carbocycles. The zero-order valence-corrected chi connectivity index (χ0v) is 13.2. The van der Waals surface area contributed by atoms with E-state index in [1.807, 2.05) is 24.4 Å². The van der Waals surface area contributed by atoms with Crippen LogP contribution in [-0.2, 0) is 9.31 Å². The van der Waals surface area contributed by atoms with Gasteiger partial charge in [0.1, 0.15) is 0 Å². The minimum Gasteiger partial charge on any atom is -0.400 e. The number of aromatic nitrogens is 1. The summed E-state index contributed by atoms with van der Waals surface area (Å²) in [5.41, 5.74) is 1.54. The Bertz CT molecular complexity index is 537. The Kier molecular flexibility index (Phi) is 3.58. The number of nitrogens with zero attached hydrogens (tertiary/aromatic N) is 1. The first-order valence-corrected chi connectivity index (χ1v) is 7.61. The quantitative estimate of drug-likeness (QED) is 0.862. The van der Waals surface area contributed by atoms with Crippen LogP contribution in [0.2, 0.25) is 0 Å². The van der Waals surface area contributed by atoms with Gasteiger partial charge < -0.3 is 14.6 Å². The second-order valence-electron chi connectivity index (χ2n) is 6.91. The molecule has 112 valence electrons. The molecule has 0 unspecified atom stereocenters. The Balaban J connectivity index is 1.66. The lowest BCUT2D eigenvalue weighted by atomic mass is 9.89. The van der Waals surface area contributed by atoms with E-state index in [4.69, 9.17) is 9.31 Å². The molecule has 2 heterocycles. The van der Waals surface area contributed by atoms with E-state index in [9.17, 15) is 0 Å². The molecule has 5 heteroatoms. The van der Waals surface area contributed by atoms with Gasteiger partial charge in [0.15, 0.2) is 0 Å². The number of hydrogen-bond donors (Lipinski definition) is 1. The maximum atomic E-state index is 5.95. The molecule has 1 aromatic heterocycles. The Morgan fingerprint density at radius 1 is 1.19 bits per heavy atom. The van der Waals surface area contributed by atoms with Crippen molar-refractivity contribution in [3.05, 3.63) is 30.0 Å². The third kappa shape index (κ3) is 3.30. The summed E-state index contributed by atoms with van der Waals surface area (Å²) in [6.07, 6.45) is 8.24. The van der Waals surface area contributed by atoms with Crippen LogP contribution in [-0.4, -0.2) is 29.3 Å². The average Bonchev–Trinajstić information content (AvgIpc) is 3.15. The van der Waals surface area contributed by atoms with E-state index in [-0.39, 0.29) is 18.3 Å².